The van der Waals surface area contributed by atoms with Crippen LogP contribution in [0.15, 0.2) is 28.7 Å². The van der Waals surface area contributed by atoms with Gasteiger partial charge in [-0.15, -0.1) is 5.10 Å². The summed E-state index contributed by atoms with van der Waals surface area (Å²) >= 11 is 0. The summed E-state index contributed by atoms with van der Waals surface area (Å²) in [4.78, 5) is 2.04. The van der Waals surface area contributed by atoms with Gasteiger partial charge in [0.15, 0.2) is 0 Å². The molecule has 1 aromatic carbocycles. The van der Waals surface area contributed by atoms with E-state index in [0.717, 1.165) is 37.9 Å². The number of hydrogen-bond donors (Lipinski definition) is 0. The predicted molar refractivity (Wildman–Crippen MR) is 74.3 cm³/mol. The Balaban J connectivity index is 1.71. The van der Waals surface area contributed by atoms with Gasteiger partial charge in [0.2, 0.25) is 5.89 Å². The summed E-state index contributed by atoms with van der Waals surface area (Å²) in [6.45, 7) is 3.63. The van der Waals surface area contributed by atoms with Gasteiger partial charge in [-0.2, -0.15) is 0 Å². The van der Waals surface area contributed by atoms with Crippen molar-refractivity contribution in [2.75, 3.05) is 18.0 Å². The van der Waals surface area contributed by atoms with Gasteiger partial charge in [-0.1, -0.05) is 30.2 Å². The summed E-state index contributed by atoms with van der Waals surface area (Å²) in [5.41, 5.74) is 0.781. The third-order valence-electron chi connectivity index (χ3n) is 3.72. The average Bonchev–Trinajstić information content (AvgIpc) is 3.08. The second kappa shape index (κ2) is 5.61. The van der Waals surface area contributed by atoms with Crippen molar-refractivity contribution in [1.82, 2.24) is 10.2 Å². The predicted octanol–water partition coefficient (Wildman–Crippen LogP) is 3.16. The van der Waals surface area contributed by atoms with Crippen LogP contribution in [0.2, 0.25) is 0 Å². The lowest BCUT2D eigenvalue weighted by Crippen LogP contribution is -2.19. The number of hydrogen-bond acceptors (Lipinski definition) is 4. The maximum Gasteiger partial charge on any atom is 0.318 e. The molecule has 1 aliphatic rings. The Hall–Kier alpha value is -1.91. The van der Waals surface area contributed by atoms with E-state index in [1.54, 1.807) is 6.07 Å². The third kappa shape index (κ3) is 2.53. The van der Waals surface area contributed by atoms with Crippen LogP contribution in [0.3, 0.4) is 0 Å². The first-order valence-corrected chi connectivity index (χ1v) is 7.09. The van der Waals surface area contributed by atoms with E-state index < -0.39 is 0 Å². The first kappa shape index (κ1) is 13.1. The highest BCUT2D eigenvalue weighted by Gasteiger charge is 2.28. The van der Waals surface area contributed by atoms with Crippen molar-refractivity contribution in [3.8, 4) is 0 Å². The number of nitrogens with zero attached hydrogens (tertiary/aromatic N) is 3. The van der Waals surface area contributed by atoms with E-state index in [1.165, 1.54) is 6.07 Å². The molecule has 2 heterocycles. The average molecular weight is 275 g/mol. The molecule has 1 atom stereocenters. The zero-order valence-electron chi connectivity index (χ0n) is 11.6. The van der Waals surface area contributed by atoms with E-state index in [-0.39, 0.29) is 11.7 Å². The van der Waals surface area contributed by atoms with Crippen molar-refractivity contribution in [2.45, 2.75) is 32.1 Å². The van der Waals surface area contributed by atoms with E-state index >= 15 is 0 Å². The SMILES string of the molecule is CCCc1nnc(N2CCC(c3ccccc3F)C2)o1. The lowest BCUT2D eigenvalue weighted by Gasteiger charge is -2.13. The topological polar surface area (TPSA) is 42.2 Å². The molecule has 5 heteroatoms. The Bertz CT molecular complexity index is 584. The van der Waals surface area contributed by atoms with Crippen LogP contribution in [-0.4, -0.2) is 23.3 Å². The minimum atomic E-state index is -0.128. The molecule has 0 amide bonds. The summed E-state index contributed by atoms with van der Waals surface area (Å²) in [6, 6.07) is 7.55. The highest BCUT2D eigenvalue weighted by Crippen LogP contribution is 2.31. The van der Waals surface area contributed by atoms with Crippen molar-refractivity contribution >= 4 is 6.01 Å². The van der Waals surface area contributed by atoms with Crippen LogP contribution >= 0.6 is 0 Å². The van der Waals surface area contributed by atoms with E-state index in [4.69, 9.17) is 4.42 Å². The van der Waals surface area contributed by atoms with E-state index in [0.29, 0.717) is 11.9 Å². The van der Waals surface area contributed by atoms with Crippen LogP contribution in [-0.2, 0) is 6.42 Å². The number of benzene rings is 1. The van der Waals surface area contributed by atoms with Gasteiger partial charge in [-0.25, -0.2) is 4.39 Å². The highest BCUT2D eigenvalue weighted by atomic mass is 19.1. The lowest BCUT2D eigenvalue weighted by atomic mass is 9.98. The molecule has 0 spiro atoms. The van der Waals surface area contributed by atoms with Gasteiger partial charge in [0.25, 0.3) is 0 Å². The van der Waals surface area contributed by atoms with Crippen LogP contribution in [0.5, 0.6) is 0 Å². The molecule has 0 radical (unpaired) electrons. The van der Waals surface area contributed by atoms with Crippen molar-refractivity contribution in [1.29, 1.82) is 0 Å². The molecule has 0 bridgehead atoms. The van der Waals surface area contributed by atoms with E-state index in [9.17, 15) is 4.39 Å². The van der Waals surface area contributed by atoms with Crippen LogP contribution in [0.4, 0.5) is 10.4 Å². The first-order valence-electron chi connectivity index (χ1n) is 7.09. The maximum absolute atomic E-state index is 13.8. The quantitative estimate of drug-likeness (QED) is 0.859. The molecular formula is C15H18FN3O. The Labute approximate surface area is 117 Å². The number of aromatic nitrogens is 2. The van der Waals surface area contributed by atoms with E-state index in [1.807, 2.05) is 17.0 Å². The Morgan fingerprint density at radius 1 is 1.35 bits per heavy atom. The molecule has 0 saturated carbocycles. The van der Waals surface area contributed by atoms with Gasteiger partial charge in [-0.05, 0) is 24.5 Å². The van der Waals surface area contributed by atoms with Gasteiger partial charge >= 0.3 is 6.01 Å². The van der Waals surface area contributed by atoms with Crippen molar-refractivity contribution < 1.29 is 8.81 Å². The fraction of sp³-hybridized carbons (Fsp3) is 0.467. The minimum absolute atomic E-state index is 0.128. The Morgan fingerprint density at radius 2 is 2.20 bits per heavy atom. The number of halogens is 1. The third-order valence-corrected chi connectivity index (χ3v) is 3.72. The Morgan fingerprint density at radius 3 is 3.00 bits per heavy atom. The van der Waals surface area contributed by atoms with Gasteiger partial charge in [0, 0.05) is 25.4 Å². The van der Waals surface area contributed by atoms with Crippen molar-refractivity contribution in [2.24, 2.45) is 0 Å². The fourth-order valence-corrected chi connectivity index (χ4v) is 2.68. The molecule has 3 rings (SSSR count). The highest BCUT2D eigenvalue weighted by molar-refractivity contribution is 5.32. The molecule has 0 aliphatic carbocycles. The summed E-state index contributed by atoms with van der Waals surface area (Å²) < 4.78 is 19.4. The zero-order valence-corrected chi connectivity index (χ0v) is 11.6. The maximum atomic E-state index is 13.8. The smallest absolute Gasteiger partial charge is 0.318 e. The molecule has 1 fully saturated rings. The number of rotatable bonds is 4. The molecule has 1 saturated heterocycles. The molecule has 1 aliphatic heterocycles. The normalized spacial score (nSPS) is 18.7. The standard InChI is InChI=1S/C15H18FN3O/c1-2-5-14-17-18-15(20-14)19-9-8-11(10-19)12-6-3-4-7-13(12)16/h3-4,6-7,11H,2,5,8-10H2,1H3. The summed E-state index contributed by atoms with van der Waals surface area (Å²) in [5, 5.41) is 8.12. The first-order chi connectivity index (χ1) is 9.78. The van der Waals surface area contributed by atoms with Crippen LogP contribution in [0.1, 0.15) is 37.1 Å². The van der Waals surface area contributed by atoms with Gasteiger partial charge < -0.3 is 9.32 Å². The second-order valence-corrected chi connectivity index (χ2v) is 5.18. The fourth-order valence-electron chi connectivity index (χ4n) is 2.68. The van der Waals surface area contributed by atoms with Gasteiger partial charge in [-0.3, -0.25) is 0 Å². The summed E-state index contributed by atoms with van der Waals surface area (Å²) in [6.07, 6.45) is 2.70. The summed E-state index contributed by atoms with van der Waals surface area (Å²) in [7, 11) is 0. The largest absolute Gasteiger partial charge is 0.408 e. The van der Waals surface area contributed by atoms with Crippen molar-refractivity contribution in [3.63, 3.8) is 0 Å². The van der Waals surface area contributed by atoms with Crippen LogP contribution < -0.4 is 4.90 Å². The molecule has 0 N–H and O–H groups in total. The molecule has 1 unspecified atom stereocenters. The minimum Gasteiger partial charge on any atom is -0.408 e. The monoisotopic (exact) mass is 275 g/mol. The molecule has 4 nitrogen and oxygen atoms in total. The second-order valence-electron chi connectivity index (χ2n) is 5.18. The summed E-state index contributed by atoms with van der Waals surface area (Å²) in [5.74, 6) is 0.742. The molecular weight excluding hydrogens is 257 g/mol. The van der Waals surface area contributed by atoms with E-state index in [2.05, 4.69) is 17.1 Å². The van der Waals surface area contributed by atoms with Gasteiger partial charge in [0.05, 0.1) is 0 Å². The molecule has 20 heavy (non-hydrogen) atoms. The van der Waals surface area contributed by atoms with Crippen LogP contribution in [0.25, 0.3) is 0 Å². The number of anilines is 1. The molecule has 1 aromatic heterocycles. The zero-order chi connectivity index (χ0) is 13.9. The van der Waals surface area contributed by atoms with Crippen molar-refractivity contribution in [3.05, 3.63) is 41.5 Å². The van der Waals surface area contributed by atoms with Gasteiger partial charge in [0.1, 0.15) is 5.82 Å². The Kier molecular flexibility index (Phi) is 3.67. The lowest BCUT2D eigenvalue weighted by molar-refractivity contribution is 0.486. The van der Waals surface area contributed by atoms with Crippen LogP contribution in [0, 0.1) is 5.82 Å². The number of aryl methyl sites for hydroxylation is 1. The molecule has 106 valence electrons. The molecule has 2 aromatic rings.